The summed E-state index contributed by atoms with van der Waals surface area (Å²) in [4.78, 5) is 5.27. The number of benzene rings is 1. The predicted molar refractivity (Wildman–Crippen MR) is 159 cm³/mol. The molecule has 0 amide bonds. The van der Waals surface area contributed by atoms with Gasteiger partial charge in [-0.2, -0.15) is 0 Å². The minimum absolute atomic E-state index is 0.00419. The van der Waals surface area contributed by atoms with Crippen LogP contribution in [0.1, 0.15) is 126 Å². The van der Waals surface area contributed by atoms with Gasteiger partial charge in [-0.15, -0.1) is 0 Å². The van der Waals surface area contributed by atoms with Crippen LogP contribution in [-0.2, 0) is 10.8 Å². The number of fused-ring (bicyclic) bond motifs is 1. The number of hydrogen-bond donors (Lipinski definition) is 1. The van der Waals surface area contributed by atoms with Crippen LogP contribution in [0, 0.1) is 8.99 Å². The molecule has 0 spiro atoms. The van der Waals surface area contributed by atoms with E-state index >= 15 is 0 Å². The highest BCUT2D eigenvalue weighted by molar-refractivity contribution is 14.1. The first-order valence-corrected chi connectivity index (χ1v) is 17.1. The molecule has 0 aliphatic heterocycles. The van der Waals surface area contributed by atoms with Gasteiger partial charge in [0.15, 0.2) is 8.32 Å². The van der Waals surface area contributed by atoms with E-state index in [1.54, 1.807) is 0 Å². The van der Waals surface area contributed by atoms with Crippen molar-refractivity contribution in [2.45, 2.75) is 117 Å². The Bertz CT molecular complexity index is 1050. The third-order valence-corrected chi connectivity index (χ3v) is 13.7. The van der Waals surface area contributed by atoms with Crippen LogP contribution >= 0.6 is 22.6 Å². The molecule has 0 radical (unpaired) electrons. The fraction of sp³-hybridized carbons (Fsp3) is 0.633. The van der Waals surface area contributed by atoms with Crippen molar-refractivity contribution >= 4 is 30.9 Å². The van der Waals surface area contributed by atoms with Crippen molar-refractivity contribution in [2.75, 3.05) is 0 Å². The summed E-state index contributed by atoms with van der Waals surface area (Å²) in [5.74, 6) is 0.688. The van der Waals surface area contributed by atoms with Crippen LogP contribution < -0.4 is 0 Å². The third-order valence-electron chi connectivity index (χ3n) is 8.00. The normalized spacial score (nSPS) is 19.2. The van der Waals surface area contributed by atoms with Gasteiger partial charge in [0.2, 0.25) is 0 Å². The second-order valence-electron chi connectivity index (χ2n) is 13.4. The van der Waals surface area contributed by atoms with Crippen molar-refractivity contribution in [3.05, 3.63) is 61.5 Å². The summed E-state index contributed by atoms with van der Waals surface area (Å²) < 4.78 is 8.22. The zero-order valence-electron chi connectivity index (χ0n) is 23.7. The molecule has 1 aliphatic carbocycles. The van der Waals surface area contributed by atoms with Crippen molar-refractivity contribution in [1.29, 1.82) is 0 Å². The largest absolute Gasteiger partial charge is 0.410 e. The van der Waals surface area contributed by atoms with Crippen LogP contribution in [0.2, 0.25) is 18.1 Å². The molecule has 3 rings (SSSR count). The maximum Gasteiger partial charge on any atom is 0.192 e. The molecule has 2 aromatic rings. The minimum Gasteiger partial charge on any atom is -0.410 e. The topological polar surface area (TPSA) is 42.4 Å². The van der Waals surface area contributed by atoms with Crippen LogP contribution in [-0.4, -0.2) is 18.4 Å². The molecule has 1 aromatic carbocycles. The van der Waals surface area contributed by atoms with Gasteiger partial charge in [0, 0.05) is 20.4 Å². The maximum absolute atomic E-state index is 11.7. The molecule has 3 nitrogen and oxygen atoms in total. The fourth-order valence-corrected chi connectivity index (χ4v) is 7.30. The number of aliphatic hydroxyl groups excluding tert-OH is 1. The van der Waals surface area contributed by atoms with Gasteiger partial charge in [0.25, 0.3) is 0 Å². The Morgan fingerprint density at radius 3 is 2.06 bits per heavy atom. The highest BCUT2D eigenvalue weighted by Gasteiger charge is 2.44. The molecule has 2 atom stereocenters. The molecular weight excluding hydrogens is 561 g/mol. The minimum atomic E-state index is -2.00. The van der Waals surface area contributed by atoms with E-state index in [9.17, 15) is 5.11 Å². The van der Waals surface area contributed by atoms with Gasteiger partial charge < -0.3 is 9.53 Å². The smallest absolute Gasteiger partial charge is 0.192 e. The SMILES string of the molecule is CC(C)c1ccc(C(O)c2c(C(C)C)nc3c(c2I)[C@H](O[Si](C)(C)C(C)(C)C)CC(C)(C)C3)cc1. The first kappa shape index (κ1) is 28.8. The lowest BCUT2D eigenvalue weighted by molar-refractivity contribution is 0.104. The number of nitrogens with zero attached hydrogens (tertiary/aromatic N) is 1. The lowest BCUT2D eigenvalue weighted by atomic mass is 9.74. The summed E-state index contributed by atoms with van der Waals surface area (Å²) in [5, 5.41) is 11.8. The second kappa shape index (κ2) is 10.2. The molecular formula is C30H46INO2Si. The molecule has 1 unspecified atom stereocenters. The molecule has 1 aromatic heterocycles. The van der Waals surface area contributed by atoms with Crippen molar-refractivity contribution in [3.8, 4) is 0 Å². The Kier molecular flexibility index (Phi) is 8.38. The molecule has 5 heteroatoms. The van der Waals surface area contributed by atoms with Crippen molar-refractivity contribution in [1.82, 2.24) is 4.98 Å². The molecule has 0 saturated heterocycles. The number of aromatic nitrogens is 1. The maximum atomic E-state index is 11.7. The van der Waals surface area contributed by atoms with Gasteiger partial charge in [-0.25, -0.2) is 0 Å². The van der Waals surface area contributed by atoms with Gasteiger partial charge in [-0.05, 0) is 81.9 Å². The zero-order valence-corrected chi connectivity index (χ0v) is 26.9. The number of aliphatic hydroxyl groups is 1. The summed E-state index contributed by atoms with van der Waals surface area (Å²) in [6, 6.07) is 8.43. The molecule has 0 saturated carbocycles. The molecule has 194 valence electrons. The highest BCUT2D eigenvalue weighted by atomic mass is 127. The predicted octanol–water partition coefficient (Wildman–Crippen LogP) is 9.05. The van der Waals surface area contributed by atoms with E-state index in [1.165, 1.54) is 11.1 Å². The number of pyridine rings is 1. The Balaban J connectivity index is 2.18. The van der Waals surface area contributed by atoms with Gasteiger partial charge in [-0.3, -0.25) is 4.98 Å². The lowest BCUT2D eigenvalue weighted by Gasteiger charge is -2.44. The van der Waals surface area contributed by atoms with E-state index in [4.69, 9.17) is 9.41 Å². The van der Waals surface area contributed by atoms with E-state index in [0.717, 1.165) is 38.9 Å². The number of hydrogen-bond acceptors (Lipinski definition) is 3. The van der Waals surface area contributed by atoms with Crippen LogP contribution in [0.4, 0.5) is 0 Å². The Morgan fingerprint density at radius 2 is 1.57 bits per heavy atom. The average Bonchev–Trinajstić information content (AvgIpc) is 2.70. The van der Waals surface area contributed by atoms with Gasteiger partial charge in [0.1, 0.15) is 6.10 Å². The third kappa shape index (κ3) is 6.05. The van der Waals surface area contributed by atoms with Gasteiger partial charge in [0.05, 0.1) is 11.8 Å². The van der Waals surface area contributed by atoms with Crippen molar-refractivity contribution in [2.24, 2.45) is 5.41 Å². The van der Waals surface area contributed by atoms with Crippen LogP contribution in [0.25, 0.3) is 0 Å². The Morgan fingerprint density at radius 1 is 1.03 bits per heavy atom. The van der Waals surface area contributed by atoms with E-state index in [2.05, 4.69) is 122 Å². The van der Waals surface area contributed by atoms with Crippen molar-refractivity contribution in [3.63, 3.8) is 0 Å². The first-order valence-electron chi connectivity index (χ1n) is 13.1. The van der Waals surface area contributed by atoms with Crippen LogP contribution in [0.3, 0.4) is 0 Å². The Labute approximate surface area is 228 Å². The number of halogens is 1. The number of rotatable bonds is 6. The summed E-state index contributed by atoms with van der Waals surface area (Å²) in [7, 11) is -2.00. The first-order chi connectivity index (χ1) is 15.9. The highest BCUT2D eigenvalue weighted by Crippen LogP contribution is 2.50. The Hall–Kier alpha value is -0.763. The summed E-state index contributed by atoms with van der Waals surface area (Å²) in [5.41, 5.74) is 6.67. The van der Waals surface area contributed by atoms with Crippen LogP contribution in [0.5, 0.6) is 0 Å². The quantitative estimate of drug-likeness (QED) is 0.263. The van der Waals surface area contributed by atoms with Crippen molar-refractivity contribution < 1.29 is 9.53 Å². The summed E-state index contributed by atoms with van der Waals surface area (Å²) in [6.07, 6.45) is 1.21. The second-order valence-corrected chi connectivity index (χ2v) is 19.2. The van der Waals surface area contributed by atoms with E-state index in [0.29, 0.717) is 5.92 Å². The summed E-state index contributed by atoms with van der Waals surface area (Å²) in [6.45, 7) is 25.0. The van der Waals surface area contributed by atoms with E-state index < -0.39 is 14.4 Å². The van der Waals surface area contributed by atoms with Crippen LogP contribution in [0.15, 0.2) is 24.3 Å². The molecule has 1 aliphatic rings. The standard InChI is InChI=1S/C30H46INO2Si/c1-18(2)20-12-14-21(15-13-20)28(33)25-26(31)24-22(32-27(25)19(3)4)16-30(8,9)17-23(24)34-35(10,11)29(5,6)7/h12-15,18-19,23,28,33H,16-17H2,1-11H3/t23-,28?/m1/s1. The monoisotopic (exact) mass is 607 g/mol. The molecule has 0 bridgehead atoms. The lowest BCUT2D eigenvalue weighted by Crippen LogP contribution is -2.44. The van der Waals surface area contributed by atoms with E-state index in [-0.39, 0.29) is 22.5 Å². The molecule has 1 N–H and O–H groups in total. The molecule has 35 heavy (non-hydrogen) atoms. The fourth-order valence-electron chi connectivity index (χ4n) is 4.80. The van der Waals surface area contributed by atoms with Gasteiger partial charge >= 0.3 is 0 Å². The average molecular weight is 608 g/mol. The van der Waals surface area contributed by atoms with E-state index in [1.807, 2.05) is 0 Å². The molecule has 1 heterocycles. The zero-order chi connectivity index (χ0) is 26.5. The van der Waals surface area contributed by atoms with Gasteiger partial charge in [-0.1, -0.05) is 86.6 Å². The molecule has 0 fully saturated rings. The summed E-state index contributed by atoms with van der Waals surface area (Å²) >= 11 is 2.48.